The number of hydrogen-bond acceptors (Lipinski definition) is 13. The first kappa shape index (κ1) is 31.9. The molecule has 5 N–H and O–H groups in total. The number of oxime groups is 1. The predicted molar refractivity (Wildman–Crippen MR) is 152 cm³/mol. The number of aromatic nitrogens is 1. The van der Waals surface area contributed by atoms with Crippen LogP contribution >= 0.6 is 11.3 Å². The SMILES string of the molecule is CN(C)CCN=C(N)c1ccc(OCCO/N=C(\C(=O)CC2C(=O)N(OS(=O)(=O)O)C2(C)C)c2csc(N)n2)cc1. The number of nitrogens with zero attached hydrogens (tertiary/aromatic N) is 5. The fraction of sp³-hybridized carbons (Fsp3) is 0.458. The van der Waals surface area contributed by atoms with Crippen molar-refractivity contribution >= 4 is 50.1 Å². The Labute approximate surface area is 241 Å². The van der Waals surface area contributed by atoms with Crippen molar-refractivity contribution in [2.24, 2.45) is 21.8 Å². The van der Waals surface area contributed by atoms with Gasteiger partial charge in [0, 0.05) is 23.9 Å². The van der Waals surface area contributed by atoms with E-state index in [1.165, 1.54) is 19.2 Å². The molecule has 224 valence electrons. The molecule has 0 bridgehead atoms. The molecule has 1 aliphatic heterocycles. The predicted octanol–water partition coefficient (Wildman–Crippen LogP) is 0.723. The van der Waals surface area contributed by atoms with Gasteiger partial charge in [0.1, 0.15) is 23.9 Å². The molecule has 2 heterocycles. The second kappa shape index (κ2) is 13.3. The van der Waals surface area contributed by atoms with E-state index in [1.807, 2.05) is 19.0 Å². The molecule has 17 heteroatoms. The summed E-state index contributed by atoms with van der Waals surface area (Å²) in [7, 11) is -1.00. The van der Waals surface area contributed by atoms with Crippen molar-refractivity contribution < 1.29 is 36.4 Å². The zero-order valence-electron chi connectivity index (χ0n) is 23.0. The van der Waals surface area contributed by atoms with E-state index in [4.69, 9.17) is 25.6 Å². The number of β-lactam (4-membered cyclic amide) rings is 1. The zero-order chi connectivity index (χ0) is 30.4. The number of benzene rings is 1. The van der Waals surface area contributed by atoms with E-state index in [1.54, 1.807) is 24.3 Å². The second-order valence-electron chi connectivity index (χ2n) is 9.76. The van der Waals surface area contributed by atoms with Crippen molar-refractivity contribution in [2.45, 2.75) is 25.8 Å². The summed E-state index contributed by atoms with van der Waals surface area (Å²) in [5.41, 5.74) is 11.3. The van der Waals surface area contributed by atoms with Crippen LogP contribution in [-0.2, 0) is 29.1 Å². The van der Waals surface area contributed by atoms with Crippen LogP contribution in [0.4, 0.5) is 5.13 Å². The fourth-order valence-electron chi connectivity index (χ4n) is 3.78. The van der Waals surface area contributed by atoms with E-state index in [0.717, 1.165) is 23.4 Å². The Morgan fingerprint density at radius 3 is 2.49 bits per heavy atom. The first-order valence-corrected chi connectivity index (χ1v) is 14.6. The minimum atomic E-state index is -4.92. The molecule has 1 aromatic heterocycles. The summed E-state index contributed by atoms with van der Waals surface area (Å²) in [5, 5.41) is 6.15. The quantitative estimate of drug-likeness (QED) is 0.0635. The summed E-state index contributed by atoms with van der Waals surface area (Å²) >= 11 is 1.09. The van der Waals surface area contributed by atoms with Gasteiger partial charge in [-0.1, -0.05) is 5.16 Å². The summed E-state index contributed by atoms with van der Waals surface area (Å²) in [6, 6.07) is 7.06. The van der Waals surface area contributed by atoms with Gasteiger partial charge in [-0.25, -0.2) is 4.98 Å². The topological polar surface area (TPSA) is 212 Å². The minimum absolute atomic E-state index is 0.0177. The molecule has 1 amide bonds. The molecule has 1 fully saturated rings. The molecule has 1 atom stereocenters. The lowest BCUT2D eigenvalue weighted by Crippen LogP contribution is -2.68. The number of carbonyl (C=O) groups is 2. The number of hydrogen-bond donors (Lipinski definition) is 3. The van der Waals surface area contributed by atoms with Gasteiger partial charge in [0.05, 0.1) is 18.0 Å². The number of ketones is 1. The third-order valence-electron chi connectivity index (χ3n) is 6.04. The average molecular weight is 612 g/mol. The van der Waals surface area contributed by atoms with E-state index in [9.17, 15) is 18.0 Å². The van der Waals surface area contributed by atoms with Crippen LogP contribution in [0.3, 0.4) is 0 Å². The molecular formula is C24H33N7O8S2. The summed E-state index contributed by atoms with van der Waals surface area (Å²) in [6.45, 7) is 4.43. The first-order chi connectivity index (χ1) is 19.2. The Morgan fingerprint density at radius 1 is 1.24 bits per heavy atom. The molecule has 1 aliphatic rings. The summed E-state index contributed by atoms with van der Waals surface area (Å²) in [6.07, 6.45) is -0.346. The van der Waals surface area contributed by atoms with Gasteiger partial charge in [-0.3, -0.25) is 19.1 Å². The fourth-order valence-corrected chi connectivity index (χ4v) is 4.78. The molecule has 0 spiro atoms. The summed E-state index contributed by atoms with van der Waals surface area (Å²) < 4.78 is 41.0. The monoisotopic (exact) mass is 611 g/mol. The van der Waals surface area contributed by atoms with Crippen LogP contribution in [0.5, 0.6) is 5.75 Å². The van der Waals surface area contributed by atoms with Crippen LogP contribution in [0.2, 0.25) is 0 Å². The van der Waals surface area contributed by atoms with Gasteiger partial charge in [-0.05, 0) is 52.2 Å². The lowest BCUT2D eigenvalue weighted by Gasteiger charge is -2.50. The Kier molecular flexibility index (Phi) is 10.4. The van der Waals surface area contributed by atoms with Gasteiger partial charge in [-0.15, -0.1) is 15.6 Å². The van der Waals surface area contributed by atoms with Gasteiger partial charge in [-0.2, -0.15) is 13.5 Å². The molecule has 0 radical (unpaired) electrons. The van der Waals surface area contributed by atoms with Crippen LogP contribution in [-0.4, -0.2) is 97.1 Å². The average Bonchev–Trinajstić information content (AvgIpc) is 3.32. The zero-order valence-corrected chi connectivity index (χ0v) is 24.6. The highest BCUT2D eigenvalue weighted by Gasteiger charge is 2.57. The number of carbonyl (C=O) groups excluding carboxylic acids is 2. The number of amidine groups is 1. The molecule has 15 nitrogen and oxygen atoms in total. The highest BCUT2D eigenvalue weighted by Crippen LogP contribution is 2.40. The molecule has 0 aliphatic carbocycles. The van der Waals surface area contributed by atoms with Gasteiger partial charge < -0.3 is 25.9 Å². The number of anilines is 1. The third kappa shape index (κ3) is 8.67. The van der Waals surface area contributed by atoms with Crippen molar-refractivity contribution in [1.29, 1.82) is 0 Å². The van der Waals surface area contributed by atoms with Crippen LogP contribution in [0.25, 0.3) is 0 Å². The Balaban J connectivity index is 1.58. The van der Waals surface area contributed by atoms with E-state index in [2.05, 4.69) is 19.4 Å². The van der Waals surface area contributed by atoms with Crippen LogP contribution < -0.4 is 16.2 Å². The maximum Gasteiger partial charge on any atom is 0.418 e. The third-order valence-corrected chi connectivity index (χ3v) is 7.05. The van der Waals surface area contributed by atoms with Crippen molar-refractivity contribution in [2.75, 3.05) is 46.1 Å². The molecule has 0 saturated carbocycles. The van der Waals surface area contributed by atoms with E-state index < -0.39 is 33.5 Å². The van der Waals surface area contributed by atoms with Gasteiger partial charge in [0.2, 0.25) is 0 Å². The number of ether oxygens (including phenoxy) is 1. The first-order valence-electron chi connectivity index (χ1n) is 12.3. The van der Waals surface area contributed by atoms with E-state index in [-0.39, 0.29) is 36.2 Å². The van der Waals surface area contributed by atoms with Gasteiger partial charge >= 0.3 is 10.4 Å². The smallest absolute Gasteiger partial charge is 0.418 e. The minimum Gasteiger partial charge on any atom is -0.490 e. The highest BCUT2D eigenvalue weighted by atomic mass is 32.3. The number of likely N-dealkylation sites (N-methyl/N-ethyl adjacent to an activating group) is 1. The molecule has 1 saturated heterocycles. The lowest BCUT2D eigenvalue weighted by molar-refractivity contribution is -0.228. The number of Topliss-reactive ketones (excluding diaryl/α,β-unsaturated/α-hetero) is 1. The molecular weight excluding hydrogens is 578 g/mol. The molecule has 1 aromatic carbocycles. The Bertz CT molecular complexity index is 1410. The number of amides is 1. The maximum absolute atomic E-state index is 13.1. The number of thiazole rings is 1. The van der Waals surface area contributed by atoms with Gasteiger partial charge in [0.25, 0.3) is 5.91 Å². The second-order valence-corrected chi connectivity index (χ2v) is 11.6. The lowest BCUT2D eigenvalue weighted by atomic mass is 9.74. The van der Waals surface area contributed by atoms with Gasteiger partial charge in [0.15, 0.2) is 23.2 Å². The maximum atomic E-state index is 13.1. The molecule has 2 aromatic rings. The van der Waals surface area contributed by atoms with Crippen molar-refractivity contribution in [3.8, 4) is 5.75 Å². The Hall–Kier alpha value is -3.64. The summed E-state index contributed by atoms with van der Waals surface area (Å²) in [5.74, 6) is -1.33. The number of hydroxylamine groups is 2. The number of rotatable bonds is 15. The van der Waals surface area contributed by atoms with E-state index >= 15 is 0 Å². The van der Waals surface area contributed by atoms with Crippen LogP contribution in [0, 0.1) is 5.92 Å². The Morgan fingerprint density at radius 2 is 1.93 bits per heavy atom. The van der Waals surface area contributed by atoms with Crippen molar-refractivity contribution in [1.82, 2.24) is 14.9 Å². The van der Waals surface area contributed by atoms with Crippen LogP contribution in [0.1, 0.15) is 31.5 Å². The summed E-state index contributed by atoms with van der Waals surface area (Å²) in [4.78, 5) is 41.3. The largest absolute Gasteiger partial charge is 0.490 e. The molecule has 41 heavy (non-hydrogen) atoms. The van der Waals surface area contributed by atoms with Crippen molar-refractivity contribution in [3.05, 3.63) is 40.9 Å². The van der Waals surface area contributed by atoms with Crippen LogP contribution in [0.15, 0.2) is 39.8 Å². The molecule has 3 rings (SSSR count). The standard InChI is InChI=1S/C24H33N7O8S2/c1-24(2)17(22(33)31(24)39-41(34,35)36)13-19(32)20(18-14-40-23(26)28-18)29-38-12-11-37-16-7-5-15(6-8-16)21(25)27-9-10-30(3)4/h5-8,14,17H,9-13H2,1-4H3,(H2,25,27)(H2,26,28)(H,34,35,36)/b29-20-. The number of nitrogens with two attached hydrogens (primary N) is 2. The normalized spacial score (nSPS) is 17.5. The number of aliphatic imine (C=N–C) groups is 1. The van der Waals surface area contributed by atoms with Crippen molar-refractivity contribution in [3.63, 3.8) is 0 Å². The molecule has 1 unspecified atom stereocenters. The van der Waals surface area contributed by atoms with E-state index in [0.29, 0.717) is 23.2 Å². The highest BCUT2D eigenvalue weighted by molar-refractivity contribution is 7.80. The number of nitrogen functional groups attached to an aromatic ring is 1.